The van der Waals surface area contributed by atoms with Gasteiger partial charge in [-0.25, -0.2) is 0 Å². The average Bonchev–Trinajstić information content (AvgIpc) is 2.48. The maximum atomic E-state index is 11.7. The molecule has 0 saturated carbocycles. The Balaban J connectivity index is 1.86. The van der Waals surface area contributed by atoms with Crippen molar-refractivity contribution in [2.24, 2.45) is 0 Å². The highest BCUT2D eigenvalue weighted by Crippen LogP contribution is 2.16. The Morgan fingerprint density at radius 2 is 2.05 bits per heavy atom. The van der Waals surface area contributed by atoms with Gasteiger partial charge in [-0.15, -0.1) is 0 Å². The van der Waals surface area contributed by atoms with Gasteiger partial charge in [0, 0.05) is 32.7 Å². The largest absolute Gasteiger partial charge is 0.494 e. The van der Waals surface area contributed by atoms with Gasteiger partial charge in [-0.05, 0) is 31.5 Å². The zero-order valence-electron chi connectivity index (χ0n) is 12.8. The molecule has 1 aromatic carbocycles. The highest BCUT2D eigenvalue weighted by molar-refractivity contribution is 5.80. The number of nitrogens with zero attached hydrogens (tertiary/aromatic N) is 2. The predicted octanol–water partition coefficient (Wildman–Crippen LogP) is 1.11. The van der Waals surface area contributed by atoms with E-state index in [1.807, 2.05) is 19.1 Å². The summed E-state index contributed by atoms with van der Waals surface area (Å²) in [7, 11) is 0. The van der Waals surface area contributed by atoms with E-state index in [2.05, 4.69) is 17.0 Å². The minimum Gasteiger partial charge on any atom is -0.494 e. The van der Waals surface area contributed by atoms with Gasteiger partial charge < -0.3 is 14.7 Å². The highest BCUT2D eigenvalue weighted by atomic mass is 16.5. The Bertz CT molecular complexity index is 468. The second-order valence-corrected chi connectivity index (χ2v) is 5.36. The molecule has 1 saturated heterocycles. The Labute approximate surface area is 126 Å². The summed E-state index contributed by atoms with van der Waals surface area (Å²) in [5.74, 6) is 0.728. The van der Waals surface area contributed by atoms with Crippen LogP contribution in [0.15, 0.2) is 24.3 Å². The fraction of sp³-hybridized carbons (Fsp3) is 0.562. The van der Waals surface area contributed by atoms with E-state index in [1.165, 1.54) is 12.5 Å². The number of carbonyl (C=O) groups is 1. The predicted molar refractivity (Wildman–Crippen MR) is 81.1 cm³/mol. The molecule has 1 aliphatic heterocycles. The van der Waals surface area contributed by atoms with Crippen molar-refractivity contribution in [3.05, 3.63) is 29.8 Å². The SMILES string of the molecule is CCOc1cccc(CN2CCN(C(=O)C(C)O)CC2)c1. The first-order valence-electron chi connectivity index (χ1n) is 7.51. The van der Waals surface area contributed by atoms with Gasteiger partial charge in [0.05, 0.1) is 6.61 Å². The number of carbonyl (C=O) groups excluding carboxylic acids is 1. The van der Waals surface area contributed by atoms with Crippen LogP contribution in [0.1, 0.15) is 19.4 Å². The van der Waals surface area contributed by atoms with Gasteiger partial charge in [0.15, 0.2) is 0 Å². The lowest BCUT2D eigenvalue weighted by atomic mass is 10.2. The van der Waals surface area contributed by atoms with Gasteiger partial charge in [0.2, 0.25) is 0 Å². The molecule has 1 aliphatic rings. The summed E-state index contributed by atoms with van der Waals surface area (Å²) >= 11 is 0. The molecule has 0 aliphatic carbocycles. The van der Waals surface area contributed by atoms with Crippen LogP contribution in [-0.4, -0.2) is 59.7 Å². The molecule has 1 N–H and O–H groups in total. The fourth-order valence-electron chi connectivity index (χ4n) is 2.55. The van der Waals surface area contributed by atoms with E-state index in [1.54, 1.807) is 4.90 Å². The van der Waals surface area contributed by atoms with Crippen LogP contribution in [0.4, 0.5) is 0 Å². The monoisotopic (exact) mass is 292 g/mol. The number of benzene rings is 1. The first-order chi connectivity index (χ1) is 10.1. The van der Waals surface area contributed by atoms with Crippen LogP contribution in [0.3, 0.4) is 0 Å². The molecule has 1 unspecified atom stereocenters. The van der Waals surface area contributed by atoms with Crippen molar-refractivity contribution in [2.45, 2.75) is 26.5 Å². The smallest absolute Gasteiger partial charge is 0.251 e. The van der Waals surface area contributed by atoms with Crippen LogP contribution in [-0.2, 0) is 11.3 Å². The average molecular weight is 292 g/mol. The number of amides is 1. The Hall–Kier alpha value is -1.59. The Morgan fingerprint density at radius 3 is 2.67 bits per heavy atom. The van der Waals surface area contributed by atoms with E-state index >= 15 is 0 Å². The van der Waals surface area contributed by atoms with Crippen molar-refractivity contribution in [2.75, 3.05) is 32.8 Å². The molecule has 0 radical (unpaired) electrons. The summed E-state index contributed by atoms with van der Waals surface area (Å²) in [4.78, 5) is 15.8. The maximum absolute atomic E-state index is 11.7. The molecule has 1 heterocycles. The van der Waals surface area contributed by atoms with Gasteiger partial charge in [-0.2, -0.15) is 0 Å². The summed E-state index contributed by atoms with van der Waals surface area (Å²) in [6.45, 7) is 8.04. The van der Waals surface area contributed by atoms with E-state index < -0.39 is 6.10 Å². The lowest BCUT2D eigenvalue weighted by molar-refractivity contribution is -0.141. The van der Waals surface area contributed by atoms with E-state index in [4.69, 9.17) is 4.74 Å². The van der Waals surface area contributed by atoms with E-state index in [0.717, 1.165) is 25.4 Å². The molecule has 2 rings (SSSR count). The van der Waals surface area contributed by atoms with E-state index in [9.17, 15) is 9.90 Å². The minimum atomic E-state index is -0.903. The number of rotatable bonds is 5. The van der Waals surface area contributed by atoms with Gasteiger partial charge in [0.25, 0.3) is 5.91 Å². The van der Waals surface area contributed by atoms with Gasteiger partial charge >= 0.3 is 0 Å². The summed E-state index contributed by atoms with van der Waals surface area (Å²) in [5, 5.41) is 9.34. The molecule has 0 bridgehead atoms. The van der Waals surface area contributed by atoms with Gasteiger partial charge in [0.1, 0.15) is 11.9 Å². The molecule has 1 fully saturated rings. The van der Waals surface area contributed by atoms with E-state index in [0.29, 0.717) is 19.7 Å². The van der Waals surface area contributed by atoms with Crippen molar-refractivity contribution in [1.29, 1.82) is 0 Å². The third-order valence-electron chi connectivity index (χ3n) is 3.66. The first kappa shape index (κ1) is 15.8. The van der Waals surface area contributed by atoms with Crippen molar-refractivity contribution < 1.29 is 14.6 Å². The molecule has 5 heteroatoms. The number of piperazine rings is 1. The maximum Gasteiger partial charge on any atom is 0.251 e. The van der Waals surface area contributed by atoms with Gasteiger partial charge in [-0.3, -0.25) is 9.69 Å². The topological polar surface area (TPSA) is 53.0 Å². The third kappa shape index (κ3) is 4.44. The van der Waals surface area contributed by atoms with Crippen molar-refractivity contribution >= 4 is 5.91 Å². The number of ether oxygens (including phenoxy) is 1. The summed E-state index contributed by atoms with van der Waals surface area (Å²) in [6.07, 6.45) is -0.903. The molecule has 1 aromatic rings. The summed E-state index contributed by atoms with van der Waals surface area (Å²) in [5.41, 5.74) is 1.22. The summed E-state index contributed by atoms with van der Waals surface area (Å²) < 4.78 is 5.51. The van der Waals surface area contributed by atoms with Gasteiger partial charge in [-0.1, -0.05) is 12.1 Å². The minimum absolute atomic E-state index is 0.173. The van der Waals surface area contributed by atoms with Crippen molar-refractivity contribution in [1.82, 2.24) is 9.80 Å². The molecule has 5 nitrogen and oxygen atoms in total. The molecule has 21 heavy (non-hydrogen) atoms. The highest BCUT2D eigenvalue weighted by Gasteiger charge is 2.23. The van der Waals surface area contributed by atoms with Crippen LogP contribution in [0.5, 0.6) is 5.75 Å². The number of hydrogen-bond donors (Lipinski definition) is 1. The van der Waals surface area contributed by atoms with Crippen LogP contribution in [0.25, 0.3) is 0 Å². The zero-order chi connectivity index (χ0) is 15.2. The molecular formula is C16H24N2O3. The lowest BCUT2D eigenvalue weighted by Crippen LogP contribution is -2.50. The van der Waals surface area contributed by atoms with E-state index in [-0.39, 0.29) is 5.91 Å². The summed E-state index contributed by atoms with van der Waals surface area (Å²) in [6, 6.07) is 8.13. The molecular weight excluding hydrogens is 268 g/mol. The zero-order valence-corrected chi connectivity index (χ0v) is 12.8. The molecule has 0 spiro atoms. The molecule has 0 aromatic heterocycles. The standard InChI is InChI=1S/C16H24N2O3/c1-3-21-15-6-4-5-14(11-15)12-17-7-9-18(10-8-17)16(20)13(2)19/h4-6,11,13,19H,3,7-10,12H2,1-2H3. The molecule has 116 valence electrons. The lowest BCUT2D eigenvalue weighted by Gasteiger charge is -2.35. The first-order valence-corrected chi connectivity index (χ1v) is 7.51. The molecule has 1 amide bonds. The Kier molecular flexibility index (Phi) is 5.59. The van der Waals surface area contributed by atoms with Crippen LogP contribution in [0, 0.1) is 0 Å². The number of aliphatic hydroxyl groups excluding tert-OH is 1. The number of hydrogen-bond acceptors (Lipinski definition) is 4. The third-order valence-corrected chi connectivity index (χ3v) is 3.66. The van der Waals surface area contributed by atoms with Crippen LogP contribution < -0.4 is 4.74 Å². The fourth-order valence-corrected chi connectivity index (χ4v) is 2.55. The second kappa shape index (κ2) is 7.43. The molecule has 1 atom stereocenters. The number of aliphatic hydroxyl groups is 1. The second-order valence-electron chi connectivity index (χ2n) is 5.36. The van der Waals surface area contributed by atoms with Crippen molar-refractivity contribution in [3.63, 3.8) is 0 Å². The van der Waals surface area contributed by atoms with Crippen LogP contribution >= 0.6 is 0 Å². The normalized spacial score (nSPS) is 17.6. The quantitative estimate of drug-likeness (QED) is 0.883. The van der Waals surface area contributed by atoms with Crippen molar-refractivity contribution in [3.8, 4) is 5.75 Å². The Morgan fingerprint density at radius 1 is 1.33 bits per heavy atom. The van der Waals surface area contributed by atoms with Crippen LogP contribution in [0.2, 0.25) is 0 Å².